The molecule has 0 N–H and O–H groups in total. The molecular weight excluding hydrogens is 515 g/mol. The van der Waals surface area contributed by atoms with Crippen LogP contribution >= 0.6 is 34.5 Å². The van der Waals surface area contributed by atoms with Gasteiger partial charge in [0.05, 0.1) is 36.4 Å². The Labute approximate surface area is 223 Å². The highest BCUT2D eigenvalue weighted by molar-refractivity contribution is 7.12. The molecular formula is C28H22Cl2N2O3S. The Morgan fingerprint density at radius 2 is 1.56 bits per heavy atom. The third-order valence-electron chi connectivity index (χ3n) is 6.18. The van der Waals surface area contributed by atoms with Crippen LogP contribution in [0.5, 0.6) is 11.5 Å². The minimum Gasteiger partial charge on any atom is -0.497 e. The molecule has 2 unspecified atom stereocenters. The number of thiophene rings is 1. The molecule has 1 aliphatic rings. The zero-order chi connectivity index (χ0) is 25.2. The molecule has 0 saturated carbocycles. The van der Waals surface area contributed by atoms with Gasteiger partial charge in [-0.3, -0.25) is 9.79 Å². The molecule has 8 heteroatoms. The fourth-order valence-electron chi connectivity index (χ4n) is 4.49. The maximum Gasteiger partial charge on any atom is 0.162 e. The summed E-state index contributed by atoms with van der Waals surface area (Å²) >= 11 is 13.8. The number of carbonyl (C=O) groups excluding carboxylic acids is 1. The lowest BCUT2D eigenvalue weighted by atomic mass is 9.93. The number of hydrogen-bond donors (Lipinski definition) is 0. The quantitative estimate of drug-likeness (QED) is 0.228. The molecule has 5 rings (SSSR count). The van der Waals surface area contributed by atoms with Crippen molar-refractivity contribution in [3.8, 4) is 11.5 Å². The van der Waals surface area contributed by atoms with Crippen LogP contribution < -0.4 is 14.4 Å². The van der Waals surface area contributed by atoms with Gasteiger partial charge in [0.25, 0.3) is 0 Å². The van der Waals surface area contributed by atoms with Crippen LogP contribution in [0.1, 0.15) is 38.4 Å². The lowest BCUT2D eigenvalue weighted by molar-refractivity contribution is 0.112. The van der Waals surface area contributed by atoms with Gasteiger partial charge >= 0.3 is 0 Å². The van der Waals surface area contributed by atoms with Crippen LogP contribution in [0.3, 0.4) is 0 Å². The third-order valence-corrected chi connectivity index (χ3v) is 7.51. The van der Waals surface area contributed by atoms with E-state index in [2.05, 4.69) is 4.90 Å². The first-order valence-corrected chi connectivity index (χ1v) is 12.8. The Balaban J connectivity index is 1.77. The van der Waals surface area contributed by atoms with Crippen LogP contribution in [-0.2, 0) is 0 Å². The number of aliphatic imine (C=N–C) groups is 1. The highest BCUT2D eigenvalue weighted by atomic mass is 35.5. The highest BCUT2D eigenvalue weighted by Crippen LogP contribution is 2.48. The molecule has 4 aromatic rings. The van der Waals surface area contributed by atoms with Crippen LogP contribution in [0.15, 0.2) is 83.2 Å². The molecule has 0 saturated heterocycles. The van der Waals surface area contributed by atoms with Gasteiger partial charge in [0, 0.05) is 16.1 Å². The van der Waals surface area contributed by atoms with Crippen LogP contribution in [0.25, 0.3) is 0 Å². The van der Waals surface area contributed by atoms with Crippen molar-refractivity contribution in [2.24, 2.45) is 4.99 Å². The summed E-state index contributed by atoms with van der Waals surface area (Å²) in [7, 11) is 3.23. The second-order valence-electron chi connectivity index (χ2n) is 8.17. The predicted octanol–water partition coefficient (Wildman–Crippen LogP) is 7.63. The normalized spacial score (nSPS) is 17.1. The van der Waals surface area contributed by atoms with E-state index in [4.69, 9.17) is 37.7 Å². The van der Waals surface area contributed by atoms with Crippen molar-refractivity contribution in [3.05, 3.63) is 110 Å². The fourth-order valence-corrected chi connectivity index (χ4v) is 5.43. The van der Waals surface area contributed by atoms with E-state index in [-0.39, 0.29) is 12.1 Å². The average molecular weight is 537 g/mol. The first kappa shape index (κ1) is 24.4. The number of amidine groups is 1. The van der Waals surface area contributed by atoms with Crippen molar-refractivity contribution < 1.29 is 14.3 Å². The molecule has 0 spiro atoms. The summed E-state index contributed by atoms with van der Waals surface area (Å²) in [5.74, 6) is 1.98. The molecule has 5 nitrogen and oxygen atoms in total. The Hall–Kier alpha value is -3.32. The molecule has 0 aliphatic carbocycles. The van der Waals surface area contributed by atoms with E-state index >= 15 is 0 Å². The van der Waals surface area contributed by atoms with Gasteiger partial charge in [0.2, 0.25) is 0 Å². The summed E-state index contributed by atoms with van der Waals surface area (Å²) < 4.78 is 11.2. The first-order valence-electron chi connectivity index (χ1n) is 11.2. The highest BCUT2D eigenvalue weighted by Gasteiger charge is 2.41. The van der Waals surface area contributed by atoms with E-state index in [1.54, 1.807) is 14.2 Å². The standard InChI is InChI=1S/C28H22Cl2N2O3S/c1-34-21-11-12-22(24(15-21)35-2)28-31-26(17-3-7-19(29)8-4-17)27(18-5-9-20(30)10-6-18)32(28)23-13-14-36-25(23)16-33/h3-16,26-27H,1-2H3. The second-order valence-corrected chi connectivity index (χ2v) is 9.99. The van der Waals surface area contributed by atoms with E-state index in [1.807, 2.05) is 78.2 Å². The largest absolute Gasteiger partial charge is 0.497 e. The van der Waals surface area contributed by atoms with Gasteiger partial charge in [0.1, 0.15) is 23.4 Å². The zero-order valence-corrected chi connectivity index (χ0v) is 21.8. The van der Waals surface area contributed by atoms with Gasteiger partial charge in [-0.25, -0.2) is 0 Å². The van der Waals surface area contributed by atoms with Crippen molar-refractivity contribution in [2.75, 3.05) is 19.1 Å². The number of aldehydes is 1. The van der Waals surface area contributed by atoms with E-state index in [1.165, 1.54) is 11.3 Å². The maximum atomic E-state index is 12.0. The van der Waals surface area contributed by atoms with E-state index in [0.717, 1.165) is 28.7 Å². The van der Waals surface area contributed by atoms with Crippen molar-refractivity contribution in [1.29, 1.82) is 0 Å². The lowest BCUT2D eigenvalue weighted by Gasteiger charge is -2.31. The number of carbonyl (C=O) groups is 1. The minimum absolute atomic E-state index is 0.251. The van der Waals surface area contributed by atoms with Crippen molar-refractivity contribution >= 4 is 52.3 Å². The molecule has 2 atom stereocenters. The number of nitrogens with zero attached hydrogens (tertiary/aromatic N) is 2. The van der Waals surface area contributed by atoms with Gasteiger partial charge in [0.15, 0.2) is 6.29 Å². The smallest absolute Gasteiger partial charge is 0.162 e. The van der Waals surface area contributed by atoms with Gasteiger partial charge in [-0.2, -0.15) is 0 Å². The van der Waals surface area contributed by atoms with Gasteiger partial charge in [-0.15, -0.1) is 11.3 Å². The number of hydrogen-bond acceptors (Lipinski definition) is 6. The molecule has 0 bridgehead atoms. The number of halogens is 2. The Kier molecular flexibility index (Phi) is 7.01. The van der Waals surface area contributed by atoms with Crippen molar-refractivity contribution in [3.63, 3.8) is 0 Å². The lowest BCUT2D eigenvalue weighted by Crippen LogP contribution is -2.32. The molecule has 36 heavy (non-hydrogen) atoms. The summed E-state index contributed by atoms with van der Waals surface area (Å²) in [6.07, 6.45) is 0.886. The van der Waals surface area contributed by atoms with Gasteiger partial charge in [-0.05, 0) is 59.0 Å². The topological polar surface area (TPSA) is 51.1 Å². The van der Waals surface area contributed by atoms with E-state index < -0.39 is 0 Å². The van der Waals surface area contributed by atoms with Crippen molar-refractivity contribution in [1.82, 2.24) is 0 Å². The molecule has 1 aliphatic heterocycles. The molecule has 2 heterocycles. The Morgan fingerprint density at radius 1 is 0.889 bits per heavy atom. The molecule has 182 valence electrons. The fraction of sp³-hybridized carbons (Fsp3) is 0.143. The average Bonchev–Trinajstić information content (AvgIpc) is 3.53. The summed E-state index contributed by atoms with van der Waals surface area (Å²) in [6, 6.07) is 22.5. The Bertz CT molecular complexity index is 1420. The molecule has 1 aromatic heterocycles. The SMILES string of the molecule is COc1ccc(C2=NC(c3ccc(Cl)cc3)C(c3ccc(Cl)cc3)N2c2ccsc2C=O)c(OC)c1. The molecule has 0 radical (unpaired) electrons. The summed E-state index contributed by atoms with van der Waals surface area (Å²) in [6.45, 7) is 0. The third kappa shape index (κ3) is 4.48. The minimum atomic E-state index is -0.287. The predicted molar refractivity (Wildman–Crippen MR) is 147 cm³/mol. The summed E-state index contributed by atoms with van der Waals surface area (Å²) in [4.78, 5) is 20.0. The molecule has 3 aromatic carbocycles. The number of rotatable bonds is 7. The monoisotopic (exact) mass is 536 g/mol. The Morgan fingerprint density at radius 3 is 2.17 bits per heavy atom. The zero-order valence-electron chi connectivity index (χ0n) is 19.5. The molecule has 0 fully saturated rings. The summed E-state index contributed by atoms with van der Waals surface area (Å²) in [5, 5.41) is 3.21. The van der Waals surface area contributed by atoms with Crippen LogP contribution in [0.2, 0.25) is 10.0 Å². The van der Waals surface area contributed by atoms with Crippen LogP contribution in [0, 0.1) is 0 Å². The number of methoxy groups -OCH3 is 2. The van der Waals surface area contributed by atoms with Crippen molar-refractivity contribution in [2.45, 2.75) is 12.1 Å². The van der Waals surface area contributed by atoms with Gasteiger partial charge in [-0.1, -0.05) is 47.5 Å². The number of benzene rings is 3. The van der Waals surface area contributed by atoms with Crippen LogP contribution in [0.4, 0.5) is 5.69 Å². The van der Waals surface area contributed by atoms with E-state index in [9.17, 15) is 4.79 Å². The molecule has 0 amide bonds. The second kappa shape index (κ2) is 10.3. The van der Waals surface area contributed by atoms with E-state index in [0.29, 0.717) is 32.3 Å². The van der Waals surface area contributed by atoms with Crippen LogP contribution in [-0.4, -0.2) is 26.3 Å². The number of anilines is 1. The number of ether oxygens (including phenoxy) is 2. The first-order chi connectivity index (χ1) is 17.5. The maximum absolute atomic E-state index is 12.0. The summed E-state index contributed by atoms with van der Waals surface area (Å²) in [5.41, 5.74) is 3.57. The van der Waals surface area contributed by atoms with Gasteiger partial charge < -0.3 is 14.4 Å².